The number of non-ortho nitro benzene ring substituents is 1. The number of hydrogen-bond donors (Lipinski definition) is 1. The normalized spacial score (nSPS) is 13.9. The molecule has 8 nitrogen and oxygen atoms in total. The Morgan fingerprint density at radius 2 is 1.78 bits per heavy atom. The number of hydrogen-bond acceptors (Lipinski definition) is 5. The smallest absolute Gasteiger partial charge is 0.269 e. The summed E-state index contributed by atoms with van der Waals surface area (Å²) in [7, 11) is 0. The summed E-state index contributed by atoms with van der Waals surface area (Å²) in [6.07, 6.45) is 1.56. The lowest BCUT2D eigenvalue weighted by Gasteiger charge is -2.12. The van der Waals surface area contributed by atoms with Gasteiger partial charge in [0.25, 0.3) is 17.2 Å². The molecule has 9 heteroatoms. The number of rotatable bonds is 3. The van der Waals surface area contributed by atoms with Gasteiger partial charge in [0.05, 0.1) is 27.1 Å². The van der Waals surface area contributed by atoms with Gasteiger partial charge in [-0.25, -0.2) is 4.98 Å². The number of anilines is 1. The number of nitro benzene ring substituents is 1. The van der Waals surface area contributed by atoms with Crippen LogP contribution < -0.4 is 10.9 Å². The number of fused-ring (bicyclic) bond motifs is 2. The molecule has 3 aromatic carbocycles. The molecule has 1 aliphatic rings. The van der Waals surface area contributed by atoms with E-state index in [4.69, 9.17) is 0 Å². The maximum atomic E-state index is 13.4. The summed E-state index contributed by atoms with van der Waals surface area (Å²) in [5.41, 5.74) is 2.15. The molecule has 0 spiro atoms. The summed E-state index contributed by atoms with van der Waals surface area (Å²) < 4.78 is 2.15. The highest BCUT2D eigenvalue weighted by atomic mass is 79.9. The van der Waals surface area contributed by atoms with Crippen molar-refractivity contribution in [3.63, 3.8) is 0 Å². The number of carbonyl (C=O) groups excluding carboxylic acids is 1. The zero-order chi connectivity index (χ0) is 22.4. The Hall–Kier alpha value is -4.11. The van der Waals surface area contributed by atoms with Gasteiger partial charge in [-0.3, -0.25) is 24.3 Å². The van der Waals surface area contributed by atoms with E-state index >= 15 is 0 Å². The van der Waals surface area contributed by atoms with E-state index in [0.29, 0.717) is 33.4 Å². The third kappa shape index (κ3) is 3.28. The van der Waals surface area contributed by atoms with Gasteiger partial charge in [0, 0.05) is 27.9 Å². The molecule has 0 saturated heterocycles. The van der Waals surface area contributed by atoms with E-state index in [2.05, 4.69) is 26.2 Å². The summed E-state index contributed by atoms with van der Waals surface area (Å²) in [4.78, 5) is 41.2. The summed E-state index contributed by atoms with van der Waals surface area (Å²) >= 11 is 3.42. The van der Waals surface area contributed by atoms with Gasteiger partial charge in [-0.05, 0) is 48.5 Å². The van der Waals surface area contributed by atoms with Gasteiger partial charge in [0.1, 0.15) is 5.82 Å². The molecule has 1 amide bonds. The minimum atomic E-state index is -0.508. The SMILES string of the molecule is O=C1Nc2ccc(Br)cc2/C1=C/c1nc2ccccc2c(=O)n1-c1ccc([N+](=O)[O-])cc1. The fraction of sp³-hybridized carbons (Fsp3) is 0. The van der Waals surface area contributed by atoms with Crippen LogP contribution in [0.4, 0.5) is 11.4 Å². The predicted octanol–water partition coefficient (Wildman–Crippen LogP) is 4.55. The first-order valence-electron chi connectivity index (χ1n) is 9.52. The van der Waals surface area contributed by atoms with Gasteiger partial charge >= 0.3 is 0 Å². The van der Waals surface area contributed by atoms with Crippen LogP contribution in [-0.4, -0.2) is 20.4 Å². The molecule has 0 aliphatic carbocycles. The van der Waals surface area contributed by atoms with Crippen molar-refractivity contribution in [1.29, 1.82) is 0 Å². The molecule has 0 bridgehead atoms. The number of para-hydroxylation sites is 1. The van der Waals surface area contributed by atoms with Gasteiger partial charge in [0.15, 0.2) is 0 Å². The predicted molar refractivity (Wildman–Crippen MR) is 125 cm³/mol. The van der Waals surface area contributed by atoms with Gasteiger partial charge in [-0.1, -0.05) is 28.1 Å². The second-order valence-corrected chi connectivity index (χ2v) is 8.02. The van der Waals surface area contributed by atoms with Crippen LogP contribution in [0.25, 0.3) is 28.2 Å². The molecule has 0 radical (unpaired) electrons. The molecule has 0 fully saturated rings. The highest BCUT2D eigenvalue weighted by molar-refractivity contribution is 9.10. The van der Waals surface area contributed by atoms with E-state index < -0.39 is 4.92 Å². The molecular formula is C23H13BrN4O4. The average Bonchev–Trinajstić information content (AvgIpc) is 3.08. The van der Waals surface area contributed by atoms with Crippen LogP contribution in [0.3, 0.4) is 0 Å². The molecule has 1 N–H and O–H groups in total. The zero-order valence-electron chi connectivity index (χ0n) is 16.3. The molecule has 2 heterocycles. The van der Waals surface area contributed by atoms with E-state index in [0.717, 1.165) is 4.47 Å². The van der Waals surface area contributed by atoms with Crippen LogP contribution in [0.5, 0.6) is 0 Å². The van der Waals surface area contributed by atoms with Crippen molar-refractivity contribution in [3.05, 3.63) is 103 Å². The van der Waals surface area contributed by atoms with Crippen LogP contribution in [0.15, 0.2) is 76.0 Å². The number of nitrogens with zero attached hydrogens (tertiary/aromatic N) is 3. The Kier molecular flexibility index (Phi) is 4.67. The van der Waals surface area contributed by atoms with Crippen LogP contribution in [-0.2, 0) is 4.79 Å². The Morgan fingerprint density at radius 3 is 2.53 bits per heavy atom. The number of amides is 1. The third-order valence-electron chi connectivity index (χ3n) is 5.16. The van der Waals surface area contributed by atoms with Crippen LogP contribution in [0, 0.1) is 10.1 Å². The van der Waals surface area contributed by atoms with Crippen LogP contribution >= 0.6 is 15.9 Å². The summed E-state index contributed by atoms with van der Waals surface area (Å²) in [6, 6.07) is 17.9. The van der Waals surface area contributed by atoms with Crippen molar-refractivity contribution in [2.45, 2.75) is 0 Å². The van der Waals surface area contributed by atoms with Crippen molar-refractivity contribution in [1.82, 2.24) is 9.55 Å². The molecule has 4 aromatic rings. The maximum Gasteiger partial charge on any atom is 0.269 e. The van der Waals surface area contributed by atoms with E-state index in [1.165, 1.54) is 28.8 Å². The molecule has 0 atom stereocenters. The molecule has 0 unspecified atom stereocenters. The lowest BCUT2D eigenvalue weighted by atomic mass is 10.1. The first kappa shape index (κ1) is 19.8. The van der Waals surface area contributed by atoms with Gasteiger partial charge < -0.3 is 5.32 Å². The zero-order valence-corrected chi connectivity index (χ0v) is 17.9. The molecule has 0 saturated carbocycles. The largest absolute Gasteiger partial charge is 0.321 e. The minimum absolute atomic E-state index is 0.0931. The molecule has 1 aromatic heterocycles. The highest BCUT2D eigenvalue weighted by Crippen LogP contribution is 2.35. The quantitative estimate of drug-likeness (QED) is 0.258. The average molecular weight is 489 g/mol. The van der Waals surface area contributed by atoms with Gasteiger partial charge in [-0.2, -0.15) is 0 Å². The summed E-state index contributed by atoms with van der Waals surface area (Å²) in [5, 5.41) is 14.2. The maximum absolute atomic E-state index is 13.4. The number of nitro groups is 1. The van der Waals surface area contributed by atoms with Gasteiger partial charge in [-0.15, -0.1) is 0 Å². The second kappa shape index (κ2) is 7.54. The van der Waals surface area contributed by atoms with Crippen LogP contribution in [0.1, 0.15) is 11.4 Å². The third-order valence-corrected chi connectivity index (χ3v) is 5.65. The molecular weight excluding hydrogens is 476 g/mol. The second-order valence-electron chi connectivity index (χ2n) is 7.10. The van der Waals surface area contributed by atoms with Crippen molar-refractivity contribution in [2.75, 3.05) is 5.32 Å². The summed E-state index contributed by atoms with van der Waals surface area (Å²) in [6.45, 7) is 0. The lowest BCUT2D eigenvalue weighted by molar-refractivity contribution is -0.384. The van der Waals surface area contributed by atoms with Crippen molar-refractivity contribution >= 4 is 55.8 Å². The van der Waals surface area contributed by atoms with Crippen molar-refractivity contribution in [3.8, 4) is 5.69 Å². The van der Waals surface area contributed by atoms with Crippen molar-refractivity contribution < 1.29 is 9.72 Å². The van der Waals surface area contributed by atoms with E-state index in [9.17, 15) is 19.7 Å². The number of nitrogens with one attached hydrogen (secondary N) is 1. The number of halogens is 1. The molecule has 32 heavy (non-hydrogen) atoms. The van der Waals surface area contributed by atoms with E-state index in [-0.39, 0.29) is 23.0 Å². The Balaban J connectivity index is 1.78. The highest BCUT2D eigenvalue weighted by Gasteiger charge is 2.25. The fourth-order valence-corrected chi connectivity index (χ4v) is 4.01. The lowest BCUT2D eigenvalue weighted by Crippen LogP contribution is -2.22. The van der Waals surface area contributed by atoms with Crippen LogP contribution in [0.2, 0.25) is 0 Å². The molecule has 156 valence electrons. The first-order chi connectivity index (χ1) is 15.4. The topological polar surface area (TPSA) is 107 Å². The number of aromatic nitrogens is 2. The minimum Gasteiger partial charge on any atom is -0.321 e. The van der Waals surface area contributed by atoms with E-state index in [1.54, 1.807) is 36.4 Å². The Bertz CT molecular complexity index is 1520. The standard InChI is InChI=1S/C23H13BrN4O4/c24-13-5-10-20-17(11-13)18(22(29)26-20)12-21-25-19-4-2-1-3-16(19)23(30)27(21)14-6-8-15(9-7-14)28(31)32/h1-12H,(H,26,29)/b18-12-. The first-order valence-corrected chi connectivity index (χ1v) is 10.3. The monoisotopic (exact) mass is 488 g/mol. The fourth-order valence-electron chi connectivity index (χ4n) is 3.65. The Labute approximate surface area is 189 Å². The van der Waals surface area contributed by atoms with E-state index in [1.807, 2.05) is 12.1 Å². The summed E-state index contributed by atoms with van der Waals surface area (Å²) in [5.74, 6) is -0.0729. The molecule has 1 aliphatic heterocycles. The number of carbonyl (C=O) groups is 1. The van der Waals surface area contributed by atoms with Crippen molar-refractivity contribution in [2.24, 2.45) is 0 Å². The Morgan fingerprint density at radius 1 is 1.03 bits per heavy atom. The van der Waals surface area contributed by atoms with Gasteiger partial charge in [0.2, 0.25) is 0 Å². The number of benzene rings is 3. The molecule has 5 rings (SSSR count).